The van der Waals surface area contributed by atoms with E-state index in [9.17, 15) is 4.79 Å². The van der Waals surface area contributed by atoms with E-state index in [2.05, 4.69) is 38.5 Å². The molecule has 1 aromatic heterocycles. The van der Waals surface area contributed by atoms with Crippen molar-refractivity contribution in [3.8, 4) is 0 Å². The monoisotopic (exact) mass is 483 g/mol. The lowest BCUT2D eigenvalue weighted by Gasteiger charge is -2.29. The molecular weight excluding hydrogens is 462 g/mol. The number of halogens is 1. The van der Waals surface area contributed by atoms with E-state index in [0.717, 1.165) is 32.7 Å². The first-order valence-corrected chi connectivity index (χ1v) is 11.5. The Morgan fingerprint density at radius 3 is 2.77 bits per heavy atom. The number of nitrogens with one attached hydrogen (secondary N) is 2. The number of para-hydroxylation sites is 1. The molecule has 2 aromatic carbocycles. The Hall–Kier alpha value is -2.58. The van der Waals surface area contributed by atoms with Gasteiger partial charge in [0.25, 0.3) is 5.91 Å². The zero-order chi connectivity index (χ0) is 21.3. The van der Waals surface area contributed by atoms with Gasteiger partial charge < -0.3 is 10.6 Å². The molecule has 0 saturated heterocycles. The van der Waals surface area contributed by atoms with Crippen molar-refractivity contribution in [1.82, 2.24) is 14.8 Å². The molecular formula is C22H22BrN5OS. The van der Waals surface area contributed by atoms with Crippen molar-refractivity contribution >= 4 is 45.2 Å². The van der Waals surface area contributed by atoms with E-state index in [-0.39, 0.29) is 11.9 Å². The molecule has 6 nitrogen and oxygen atoms in total. The molecule has 154 valence electrons. The molecule has 0 radical (unpaired) electrons. The summed E-state index contributed by atoms with van der Waals surface area (Å²) in [5, 5.41) is 11.7. The predicted octanol–water partition coefficient (Wildman–Crippen LogP) is 5.39. The van der Waals surface area contributed by atoms with Crippen molar-refractivity contribution in [2.75, 3.05) is 16.4 Å². The van der Waals surface area contributed by atoms with Crippen molar-refractivity contribution in [3.63, 3.8) is 0 Å². The first-order chi connectivity index (χ1) is 14.5. The minimum absolute atomic E-state index is 0.162. The molecule has 0 saturated carbocycles. The molecule has 2 heterocycles. The number of rotatable bonds is 5. The quantitative estimate of drug-likeness (QED) is 0.476. The molecule has 1 aliphatic rings. The number of amides is 1. The van der Waals surface area contributed by atoms with Crippen molar-refractivity contribution in [3.05, 3.63) is 75.4 Å². The van der Waals surface area contributed by atoms with Crippen molar-refractivity contribution in [2.45, 2.75) is 32.0 Å². The van der Waals surface area contributed by atoms with Gasteiger partial charge in [0.1, 0.15) is 6.04 Å². The van der Waals surface area contributed by atoms with Crippen LogP contribution in [0.25, 0.3) is 0 Å². The number of hydrogen-bond donors (Lipinski definition) is 2. The summed E-state index contributed by atoms with van der Waals surface area (Å²) in [6.45, 7) is 5.95. The maximum absolute atomic E-state index is 13.5. The average Bonchev–Trinajstić information content (AvgIpc) is 3.10. The van der Waals surface area contributed by atoms with E-state index in [1.807, 2.05) is 62.4 Å². The number of fused-ring (bicyclic) bond motifs is 1. The number of hydrogen-bond acceptors (Lipinski definition) is 5. The lowest BCUT2D eigenvalue weighted by atomic mass is 9.95. The van der Waals surface area contributed by atoms with E-state index in [0.29, 0.717) is 16.7 Å². The summed E-state index contributed by atoms with van der Waals surface area (Å²) < 4.78 is 2.75. The number of carbonyl (C=O) groups excluding carboxylic acids is 1. The van der Waals surface area contributed by atoms with E-state index in [4.69, 9.17) is 5.10 Å². The molecule has 0 spiro atoms. The summed E-state index contributed by atoms with van der Waals surface area (Å²) >= 11 is 5.13. The van der Waals surface area contributed by atoms with Gasteiger partial charge >= 0.3 is 0 Å². The number of allylic oxidation sites excluding steroid dienone is 1. The summed E-state index contributed by atoms with van der Waals surface area (Å²) in [7, 11) is 0. The average molecular weight is 484 g/mol. The van der Waals surface area contributed by atoms with Crippen LogP contribution in [0.4, 0.5) is 11.6 Å². The molecule has 8 heteroatoms. The highest BCUT2D eigenvalue weighted by Crippen LogP contribution is 2.37. The number of aromatic nitrogens is 3. The van der Waals surface area contributed by atoms with Crippen LogP contribution in [-0.2, 0) is 4.79 Å². The maximum Gasteiger partial charge on any atom is 0.255 e. The fourth-order valence-corrected chi connectivity index (χ4v) is 4.48. The summed E-state index contributed by atoms with van der Waals surface area (Å²) in [5.74, 6) is 1.35. The number of carbonyl (C=O) groups is 1. The lowest BCUT2D eigenvalue weighted by Crippen LogP contribution is -2.31. The maximum atomic E-state index is 13.5. The highest BCUT2D eigenvalue weighted by molar-refractivity contribution is 9.10. The fraction of sp³-hybridized carbons (Fsp3) is 0.227. The Bertz CT molecular complexity index is 1140. The van der Waals surface area contributed by atoms with Crippen LogP contribution in [-0.4, -0.2) is 26.4 Å². The lowest BCUT2D eigenvalue weighted by molar-refractivity contribution is -0.113. The van der Waals surface area contributed by atoms with Crippen LogP contribution in [0.3, 0.4) is 0 Å². The second-order valence-corrected chi connectivity index (χ2v) is 9.13. The highest BCUT2D eigenvalue weighted by Gasteiger charge is 2.34. The van der Waals surface area contributed by atoms with Gasteiger partial charge in [-0.05, 0) is 48.9 Å². The van der Waals surface area contributed by atoms with Gasteiger partial charge in [-0.2, -0.15) is 4.98 Å². The molecule has 4 rings (SSSR count). The Morgan fingerprint density at radius 1 is 1.23 bits per heavy atom. The van der Waals surface area contributed by atoms with Crippen LogP contribution in [0.1, 0.15) is 31.0 Å². The third kappa shape index (κ3) is 4.02. The van der Waals surface area contributed by atoms with Gasteiger partial charge in [-0.3, -0.25) is 4.79 Å². The van der Waals surface area contributed by atoms with E-state index < -0.39 is 0 Å². The molecule has 3 aromatic rings. The van der Waals surface area contributed by atoms with Gasteiger partial charge in [0.05, 0.1) is 5.57 Å². The number of benzene rings is 2. The molecule has 1 atom stereocenters. The van der Waals surface area contributed by atoms with Gasteiger partial charge in [0, 0.05) is 15.9 Å². The molecule has 1 aliphatic heterocycles. The van der Waals surface area contributed by atoms with Crippen LogP contribution in [0, 0.1) is 6.92 Å². The molecule has 2 N–H and O–H groups in total. The minimum atomic E-state index is -0.388. The van der Waals surface area contributed by atoms with Crippen molar-refractivity contribution in [1.29, 1.82) is 0 Å². The van der Waals surface area contributed by atoms with Gasteiger partial charge in [-0.15, -0.1) is 5.10 Å². The number of nitrogens with zero attached hydrogens (tertiary/aromatic N) is 3. The summed E-state index contributed by atoms with van der Waals surface area (Å²) in [6.07, 6.45) is 0. The highest BCUT2D eigenvalue weighted by atomic mass is 79.9. The van der Waals surface area contributed by atoms with Gasteiger partial charge in [0.15, 0.2) is 0 Å². The van der Waals surface area contributed by atoms with Crippen LogP contribution in [0.5, 0.6) is 0 Å². The third-order valence-corrected chi connectivity index (χ3v) is 6.12. The first-order valence-electron chi connectivity index (χ1n) is 9.67. The van der Waals surface area contributed by atoms with Gasteiger partial charge in [-0.1, -0.05) is 64.9 Å². The van der Waals surface area contributed by atoms with Gasteiger partial charge in [-0.25, -0.2) is 4.68 Å². The minimum Gasteiger partial charge on any atom is -0.328 e. The van der Waals surface area contributed by atoms with Crippen molar-refractivity contribution < 1.29 is 4.79 Å². The summed E-state index contributed by atoms with van der Waals surface area (Å²) in [4.78, 5) is 18.1. The molecule has 30 heavy (non-hydrogen) atoms. The summed E-state index contributed by atoms with van der Waals surface area (Å²) in [6, 6.07) is 15.3. The Kier molecular flexibility index (Phi) is 5.97. The van der Waals surface area contributed by atoms with E-state index in [1.54, 1.807) is 16.4 Å². The zero-order valence-corrected chi connectivity index (χ0v) is 19.3. The summed E-state index contributed by atoms with van der Waals surface area (Å²) in [5.41, 5.74) is 4.14. The Morgan fingerprint density at radius 2 is 2.03 bits per heavy atom. The van der Waals surface area contributed by atoms with E-state index in [1.165, 1.54) is 0 Å². The van der Waals surface area contributed by atoms with Crippen LogP contribution in [0.2, 0.25) is 0 Å². The van der Waals surface area contributed by atoms with Crippen LogP contribution < -0.4 is 10.6 Å². The molecule has 0 aliphatic carbocycles. The van der Waals surface area contributed by atoms with Crippen LogP contribution in [0.15, 0.2) is 69.4 Å². The Balaban J connectivity index is 1.80. The first kappa shape index (κ1) is 20.7. The molecule has 0 fully saturated rings. The number of aryl methyl sites for hydroxylation is 1. The smallest absolute Gasteiger partial charge is 0.255 e. The molecule has 1 unspecified atom stereocenters. The van der Waals surface area contributed by atoms with Gasteiger partial charge in [0.2, 0.25) is 11.1 Å². The van der Waals surface area contributed by atoms with Crippen molar-refractivity contribution in [2.24, 2.45) is 0 Å². The largest absolute Gasteiger partial charge is 0.328 e. The normalized spacial score (nSPS) is 15.5. The SMILES string of the molecule is CCSc1nc2n(n1)C(c1cccc(Br)c1)C(C(=O)Nc1ccccc1C)=C(C)N2. The topological polar surface area (TPSA) is 71.8 Å². The number of thioether (sulfide) groups is 1. The third-order valence-electron chi connectivity index (χ3n) is 4.91. The van der Waals surface area contributed by atoms with E-state index >= 15 is 0 Å². The second-order valence-electron chi connectivity index (χ2n) is 6.99. The molecule has 1 amide bonds. The molecule has 0 bridgehead atoms. The van der Waals surface area contributed by atoms with Crippen LogP contribution >= 0.6 is 27.7 Å². The standard InChI is InChI=1S/C22H22BrN5OS/c1-4-30-22-26-21-24-14(3)18(20(29)25-17-11-6-5-8-13(17)2)19(28(21)27-22)15-9-7-10-16(23)12-15/h5-12,19H,4H2,1-3H3,(H,25,29)(H,24,26,27). The fourth-order valence-electron chi connectivity index (χ4n) is 3.50. The predicted molar refractivity (Wildman–Crippen MR) is 125 cm³/mol. The zero-order valence-electron chi connectivity index (χ0n) is 16.9. The Labute approximate surface area is 188 Å². The second kappa shape index (κ2) is 8.65. The number of anilines is 2.